The highest BCUT2D eigenvalue weighted by Crippen LogP contribution is 2.33. The number of nitrogens with one attached hydrogen (secondary N) is 1. The summed E-state index contributed by atoms with van der Waals surface area (Å²) in [5.41, 5.74) is 2.89. The SMILES string of the molecule is Cc1ccc(NC(=O)[C@@H](C)N2CCN(c3ccc([N+](=O)[O-])c4cnccc34)CC2)c(Br)c1. The van der Waals surface area contributed by atoms with Gasteiger partial charge in [-0.3, -0.25) is 24.8 Å². The molecule has 0 bridgehead atoms. The maximum atomic E-state index is 12.8. The van der Waals surface area contributed by atoms with Crippen molar-refractivity contribution in [2.75, 3.05) is 36.4 Å². The Morgan fingerprint density at radius 3 is 2.59 bits per heavy atom. The van der Waals surface area contributed by atoms with Crippen molar-refractivity contribution in [2.24, 2.45) is 0 Å². The number of piperazine rings is 1. The highest BCUT2D eigenvalue weighted by atomic mass is 79.9. The number of aromatic nitrogens is 1. The summed E-state index contributed by atoms with van der Waals surface area (Å²) in [6, 6.07) is 10.7. The monoisotopic (exact) mass is 497 g/mol. The van der Waals surface area contributed by atoms with Crippen LogP contribution in [-0.4, -0.2) is 52.9 Å². The first-order valence-electron chi connectivity index (χ1n) is 10.4. The minimum absolute atomic E-state index is 0.0464. The maximum Gasteiger partial charge on any atom is 0.278 e. The number of amides is 1. The summed E-state index contributed by atoms with van der Waals surface area (Å²) in [6.07, 6.45) is 3.20. The molecule has 1 saturated heterocycles. The van der Waals surface area contributed by atoms with Crippen LogP contribution in [0.4, 0.5) is 17.1 Å². The lowest BCUT2D eigenvalue weighted by atomic mass is 10.1. The number of fused-ring (bicyclic) bond motifs is 1. The lowest BCUT2D eigenvalue weighted by Crippen LogP contribution is -2.52. The lowest BCUT2D eigenvalue weighted by Gasteiger charge is -2.39. The van der Waals surface area contributed by atoms with Gasteiger partial charge in [0.25, 0.3) is 5.69 Å². The second-order valence-electron chi connectivity index (χ2n) is 7.95. The predicted molar refractivity (Wildman–Crippen MR) is 129 cm³/mol. The van der Waals surface area contributed by atoms with E-state index in [9.17, 15) is 14.9 Å². The van der Waals surface area contributed by atoms with Crippen molar-refractivity contribution in [3.8, 4) is 0 Å². The molecular weight excluding hydrogens is 474 g/mol. The molecule has 3 aromatic rings. The number of hydrogen-bond donors (Lipinski definition) is 1. The number of anilines is 2. The van der Waals surface area contributed by atoms with Crippen LogP contribution in [0.1, 0.15) is 12.5 Å². The maximum absolute atomic E-state index is 12.8. The van der Waals surface area contributed by atoms with Gasteiger partial charge in [0.2, 0.25) is 5.91 Å². The Labute approximate surface area is 194 Å². The molecule has 0 saturated carbocycles. The summed E-state index contributed by atoms with van der Waals surface area (Å²) in [6.45, 7) is 6.80. The van der Waals surface area contributed by atoms with E-state index in [0.29, 0.717) is 18.5 Å². The molecule has 2 heterocycles. The minimum atomic E-state index is -0.377. The number of carbonyl (C=O) groups excluding carboxylic acids is 1. The standard InChI is InChI=1S/C23H24BrN5O3/c1-15-3-4-20(19(24)13-15)26-23(30)16(2)27-9-11-28(12-10-27)21-5-6-22(29(31)32)18-14-25-8-7-17(18)21/h3-8,13-14,16H,9-12H2,1-2H3,(H,26,30)/t16-/m1/s1. The van der Waals surface area contributed by atoms with Gasteiger partial charge in [0.15, 0.2) is 0 Å². The van der Waals surface area contributed by atoms with Gasteiger partial charge in [-0.15, -0.1) is 0 Å². The number of nitrogens with zero attached hydrogens (tertiary/aromatic N) is 4. The molecule has 0 radical (unpaired) electrons. The molecule has 2 aromatic carbocycles. The molecule has 9 heteroatoms. The summed E-state index contributed by atoms with van der Waals surface area (Å²) < 4.78 is 0.863. The molecule has 1 amide bonds. The fraction of sp³-hybridized carbons (Fsp3) is 0.304. The van der Waals surface area contributed by atoms with Crippen molar-refractivity contribution >= 4 is 49.7 Å². The second kappa shape index (κ2) is 9.22. The summed E-state index contributed by atoms with van der Waals surface area (Å²) in [4.78, 5) is 32.2. The van der Waals surface area contributed by atoms with Gasteiger partial charge in [-0.1, -0.05) is 6.07 Å². The first-order valence-corrected chi connectivity index (χ1v) is 11.2. The normalized spacial score (nSPS) is 15.5. The van der Waals surface area contributed by atoms with E-state index in [2.05, 4.69) is 36.0 Å². The topological polar surface area (TPSA) is 91.6 Å². The Bertz CT molecular complexity index is 1180. The predicted octanol–water partition coefficient (Wildman–Crippen LogP) is 4.36. The number of nitro benzene ring substituents is 1. The zero-order valence-corrected chi connectivity index (χ0v) is 19.5. The third-order valence-electron chi connectivity index (χ3n) is 5.93. The fourth-order valence-electron chi connectivity index (χ4n) is 4.07. The Hall–Kier alpha value is -3.04. The summed E-state index contributed by atoms with van der Waals surface area (Å²) >= 11 is 3.51. The summed E-state index contributed by atoms with van der Waals surface area (Å²) in [5, 5.41) is 15.7. The van der Waals surface area contributed by atoms with Crippen LogP contribution in [0.3, 0.4) is 0 Å². The number of halogens is 1. The lowest BCUT2D eigenvalue weighted by molar-refractivity contribution is -0.383. The van der Waals surface area contributed by atoms with E-state index in [-0.39, 0.29) is 22.6 Å². The summed E-state index contributed by atoms with van der Waals surface area (Å²) in [5.74, 6) is -0.0464. The molecule has 32 heavy (non-hydrogen) atoms. The van der Waals surface area contributed by atoms with Gasteiger partial charge >= 0.3 is 0 Å². The molecule has 1 atom stereocenters. The van der Waals surface area contributed by atoms with E-state index in [1.807, 2.05) is 38.1 Å². The van der Waals surface area contributed by atoms with E-state index in [1.165, 1.54) is 0 Å². The molecule has 1 aromatic heterocycles. The average molecular weight is 498 g/mol. The molecule has 1 fully saturated rings. The van der Waals surface area contributed by atoms with Crippen molar-refractivity contribution in [1.29, 1.82) is 0 Å². The number of rotatable bonds is 5. The largest absolute Gasteiger partial charge is 0.368 e. The minimum Gasteiger partial charge on any atom is -0.368 e. The van der Waals surface area contributed by atoms with Crippen molar-refractivity contribution in [3.05, 3.63) is 68.9 Å². The average Bonchev–Trinajstić information content (AvgIpc) is 2.79. The number of aryl methyl sites for hydroxylation is 1. The smallest absolute Gasteiger partial charge is 0.278 e. The van der Waals surface area contributed by atoms with Crippen LogP contribution in [0.5, 0.6) is 0 Å². The molecule has 0 spiro atoms. The first kappa shape index (κ1) is 22.2. The van der Waals surface area contributed by atoms with E-state index in [4.69, 9.17) is 0 Å². The van der Waals surface area contributed by atoms with Crippen LogP contribution in [0.15, 0.2) is 53.3 Å². The Morgan fingerprint density at radius 1 is 1.16 bits per heavy atom. The fourth-order valence-corrected chi connectivity index (χ4v) is 4.66. The van der Waals surface area contributed by atoms with Gasteiger partial charge in [0.1, 0.15) is 0 Å². The van der Waals surface area contributed by atoms with Crippen molar-refractivity contribution in [3.63, 3.8) is 0 Å². The zero-order valence-electron chi connectivity index (χ0n) is 17.9. The van der Waals surface area contributed by atoms with Gasteiger partial charge in [0.05, 0.1) is 22.0 Å². The van der Waals surface area contributed by atoms with Crippen LogP contribution in [0.2, 0.25) is 0 Å². The van der Waals surface area contributed by atoms with Crippen LogP contribution < -0.4 is 10.2 Å². The highest BCUT2D eigenvalue weighted by molar-refractivity contribution is 9.10. The molecule has 1 N–H and O–H groups in total. The van der Waals surface area contributed by atoms with Gasteiger partial charge in [-0.05, 0) is 59.6 Å². The van der Waals surface area contributed by atoms with Gasteiger partial charge in [-0.2, -0.15) is 0 Å². The van der Waals surface area contributed by atoms with Crippen LogP contribution >= 0.6 is 15.9 Å². The van der Waals surface area contributed by atoms with Gasteiger partial charge < -0.3 is 10.2 Å². The quantitative estimate of drug-likeness (QED) is 0.415. The molecule has 0 unspecified atom stereocenters. The molecule has 1 aliphatic heterocycles. The van der Waals surface area contributed by atoms with Crippen LogP contribution in [-0.2, 0) is 4.79 Å². The Morgan fingerprint density at radius 2 is 1.91 bits per heavy atom. The number of hydrogen-bond acceptors (Lipinski definition) is 6. The Kier molecular flexibility index (Phi) is 6.38. The number of carbonyl (C=O) groups is 1. The van der Waals surface area contributed by atoms with E-state index in [0.717, 1.165) is 39.9 Å². The van der Waals surface area contributed by atoms with E-state index in [1.54, 1.807) is 24.5 Å². The number of pyridine rings is 1. The van der Waals surface area contributed by atoms with E-state index < -0.39 is 0 Å². The van der Waals surface area contributed by atoms with Crippen molar-refractivity contribution in [1.82, 2.24) is 9.88 Å². The van der Waals surface area contributed by atoms with Crippen molar-refractivity contribution < 1.29 is 9.72 Å². The first-order chi connectivity index (χ1) is 15.3. The third-order valence-corrected chi connectivity index (χ3v) is 6.59. The third kappa shape index (κ3) is 4.44. The number of non-ortho nitro benzene ring substituents is 1. The number of benzene rings is 2. The molecule has 8 nitrogen and oxygen atoms in total. The highest BCUT2D eigenvalue weighted by Gasteiger charge is 2.27. The van der Waals surface area contributed by atoms with Crippen molar-refractivity contribution in [2.45, 2.75) is 19.9 Å². The molecule has 1 aliphatic rings. The molecule has 4 rings (SSSR count). The van der Waals surface area contributed by atoms with E-state index >= 15 is 0 Å². The molecule has 166 valence electrons. The molecular formula is C23H24BrN5O3. The zero-order chi connectivity index (χ0) is 22.8. The van der Waals surface area contributed by atoms with Crippen LogP contribution in [0, 0.1) is 17.0 Å². The Balaban J connectivity index is 1.44. The number of nitro groups is 1. The van der Waals surface area contributed by atoms with Crippen LogP contribution in [0.25, 0.3) is 10.8 Å². The van der Waals surface area contributed by atoms with Gasteiger partial charge in [0, 0.05) is 60.2 Å². The molecule has 0 aliphatic carbocycles. The summed E-state index contributed by atoms with van der Waals surface area (Å²) in [7, 11) is 0. The van der Waals surface area contributed by atoms with Gasteiger partial charge in [-0.25, -0.2) is 0 Å². The second-order valence-corrected chi connectivity index (χ2v) is 8.81.